The van der Waals surface area contributed by atoms with Gasteiger partial charge in [0.2, 0.25) is 0 Å². The van der Waals surface area contributed by atoms with Crippen molar-refractivity contribution in [3.63, 3.8) is 0 Å². The number of anilines is 1. The van der Waals surface area contributed by atoms with Crippen LogP contribution in [0.3, 0.4) is 0 Å². The minimum Gasteiger partial charge on any atom is -0.385 e. The molecule has 0 heterocycles. The summed E-state index contributed by atoms with van der Waals surface area (Å²) < 4.78 is 38.5. The van der Waals surface area contributed by atoms with Gasteiger partial charge in [-0.2, -0.15) is 18.4 Å². The standard InChI is InChI=1S/C22H22F3N3O/c23-22(24,25)18-5-2-4-17(12-18)21(29)28-19-9-7-15(8-10-19)14-27-20-6-1-3-16(11-20)13-26/h1-6,11-12,15,19,27H,7-10,14H2,(H,28,29)/t15-,19-. The number of hydrogen-bond acceptors (Lipinski definition) is 3. The first kappa shape index (κ1) is 20.7. The number of nitriles is 1. The van der Waals surface area contributed by atoms with Gasteiger partial charge < -0.3 is 10.6 Å². The van der Waals surface area contributed by atoms with Crippen LogP contribution in [0.1, 0.15) is 47.2 Å². The molecule has 1 fully saturated rings. The summed E-state index contributed by atoms with van der Waals surface area (Å²) in [5.41, 5.74) is 0.724. The monoisotopic (exact) mass is 401 g/mol. The Bertz CT molecular complexity index is 897. The minimum atomic E-state index is -4.46. The third kappa shape index (κ3) is 5.74. The second-order valence-electron chi connectivity index (χ2n) is 7.34. The molecule has 0 spiro atoms. The van der Waals surface area contributed by atoms with Gasteiger partial charge in [-0.1, -0.05) is 12.1 Å². The van der Waals surface area contributed by atoms with Crippen molar-refractivity contribution in [2.45, 2.75) is 37.9 Å². The van der Waals surface area contributed by atoms with Crippen molar-refractivity contribution in [1.82, 2.24) is 5.32 Å². The number of halogens is 3. The van der Waals surface area contributed by atoms with E-state index in [1.54, 1.807) is 12.1 Å². The molecule has 7 heteroatoms. The summed E-state index contributed by atoms with van der Waals surface area (Å²) in [5.74, 6) is -0.0200. The Morgan fingerprint density at radius 3 is 2.48 bits per heavy atom. The van der Waals surface area contributed by atoms with E-state index < -0.39 is 17.6 Å². The number of hydrogen-bond donors (Lipinski definition) is 2. The quantitative estimate of drug-likeness (QED) is 0.743. The molecule has 0 bridgehead atoms. The number of carbonyl (C=O) groups is 1. The molecule has 0 atom stereocenters. The predicted octanol–water partition coefficient (Wildman–Crippen LogP) is 4.98. The third-order valence-electron chi connectivity index (χ3n) is 5.22. The lowest BCUT2D eigenvalue weighted by atomic mass is 9.86. The zero-order chi connectivity index (χ0) is 20.9. The van der Waals surface area contributed by atoms with Crippen LogP contribution in [0.4, 0.5) is 18.9 Å². The molecule has 3 rings (SSSR count). The third-order valence-corrected chi connectivity index (χ3v) is 5.22. The fourth-order valence-corrected chi connectivity index (χ4v) is 3.58. The molecule has 1 saturated carbocycles. The molecule has 1 amide bonds. The molecule has 2 aromatic carbocycles. The van der Waals surface area contributed by atoms with Crippen LogP contribution >= 0.6 is 0 Å². The molecule has 1 aliphatic carbocycles. The van der Waals surface area contributed by atoms with Gasteiger partial charge in [0.05, 0.1) is 17.2 Å². The molecule has 0 unspecified atom stereocenters. The van der Waals surface area contributed by atoms with Crippen molar-refractivity contribution in [3.05, 3.63) is 65.2 Å². The number of nitrogens with zero attached hydrogens (tertiary/aromatic N) is 1. The van der Waals surface area contributed by atoms with E-state index in [2.05, 4.69) is 16.7 Å². The molecule has 2 N–H and O–H groups in total. The molecular formula is C22H22F3N3O. The Balaban J connectivity index is 1.47. The highest BCUT2D eigenvalue weighted by molar-refractivity contribution is 5.94. The second-order valence-corrected chi connectivity index (χ2v) is 7.34. The van der Waals surface area contributed by atoms with E-state index >= 15 is 0 Å². The zero-order valence-electron chi connectivity index (χ0n) is 15.8. The van der Waals surface area contributed by atoms with Crippen LogP contribution in [0.15, 0.2) is 48.5 Å². The van der Waals surface area contributed by atoms with Gasteiger partial charge in [-0.25, -0.2) is 0 Å². The van der Waals surface area contributed by atoms with Crippen molar-refractivity contribution < 1.29 is 18.0 Å². The molecule has 29 heavy (non-hydrogen) atoms. The van der Waals surface area contributed by atoms with E-state index in [9.17, 15) is 18.0 Å². The van der Waals surface area contributed by atoms with Crippen LogP contribution in [-0.2, 0) is 6.18 Å². The van der Waals surface area contributed by atoms with Gasteiger partial charge in [-0.15, -0.1) is 0 Å². The van der Waals surface area contributed by atoms with Crippen LogP contribution in [-0.4, -0.2) is 18.5 Å². The Hall–Kier alpha value is -3.01. The van der Waals surface area contributed by atoms with Gasteiger partial charge in [0.1, 0.15) is 0 Å². The van der Waals surface area contributed by atoms with E-state index in [0.29, 0.717) is 11.5 Å². The highest BCUT2D eigenvalue weighted by Crippen LogP contribution is 2.30. The first-order valence-corrected chi connectivity index (χ1v) is 9.57. The maximum Gasteiger partial charge on any atom is 0.416 e. The molecule has 1 aliphatic rings. The van der Waals surface area contributed by atoms with E-state index in [0.717, 1.165) is 50.0 Å². The van der Waals surface area contributed by atoms with Gasteiger partial charge in [-0.3, -0.25) is 4.79 Å². The Labute approximate surface area is 167 Å². The molecule has 0 radical (unpaired) electrons. The molecule has 2 aromatic rings. The predicted molar refractivity (Wildman–Crippen MR) is 104 cm³/mol. The van der Waals surface area contributed by atoms with E-state index in [-0.39, 0.29) is 11.6 Å². The van der Waals surface area contributed by atoms with Crippen LogP contribution in [0.25, 0.3) is 0 Å². The number of benzene rings is 2. The number of carbonyl (C=O) groups excluding carboxylic acids is 1. The average Bonchev–Trinajstić information content (AvgIpc) is 2.73. The van der Waals surface area contributed by atoms with Crippen LogP contribution in [0.2, 0.25) is 0 Å². The maximum absolute atomic E-state index is 12.8. The van der Waals surface area contributed by atoms with Gasteiger partial charge in [0.25, 0.3) is 5.91 Å². The van der Waals surface area contributed by atoms with Crippen molar-refractivity contribution in [2.75, 3.05) is 11.9 Å². The molecular weight excluding hydrogens is 379 g/mol. The highest BCUT2D eigenvalue weighted by atomic mass is 19.4. The Kier molecular flexibility index (Phi) is 6.42. The largest absolute Gasteiger partial charge is 0.416 e. The Morgan fingerprint density at radius 2 is 1.79 bits per heavy atom. The number of alkyl halides is 3. The van der Waals surface area contributed by atoms with E-state index in [4.69, 9.17) is 5.26 Å². The topological polar surface area (TPSA) is 64.9 Å². The number of rotatable bonds is 5. The highest BCUT2D eigenvalue weighted by Gasteiger charge is 2.31. The average molecular weight is 401 g/mol. The van der Waals surface area contributed by atoms with E-state index in [1.165, 1.54) is 12.1 Å². The summed E-state index contributed by atoms with van der Waals surface area (Å²) in [7, 11) is 0. The fraction of sp³-hybridized carbons (Fsp3) is 0.364. The van der Waals surface area contributed by atoms with Crippen LogP contribution in [0.5, 0.6) is 0 Å². The SMILES string of the molecule is N#Cc1cccc(NC[C@H]2CC[C@H](NC(=O)c3cccc(C(F)(F)F)c3)CC2)c1. The summed E-state index contributed by atoms with van der Waals surface area (Å²) in [6, 6.07) is 13.9. The van der Waals surface area contributed by atoms with Crippen LogP contribution in [0, 0.1) is 17.2 Å². The summed E-state index contributed by atoms with van der Waals surface area (Å²) >= 11 is 0. The Morgan fingerprint density at radius 1 is 1.07 bits per heavy atom. The number of amides is 1. The van der Waals surface area contributed by atoms with Crippen molar-refractivity contribution in [3.8, 4) is 6.07 Å². The summed E-state index contributed by atoms with van der Waals surface area (Å²) in [4.78, 5) is 12.3. The molecule has 0 aromatic heterocycles. The fourth-order valence-electron chi connectivity index (χ4n) is 3.58. The van der Waals surface area contributed by atoms with Crippen LogP contribution < -0.4 is 10.6 Å². The van der Waals surface area contributed by atoms with Crippen molar-refractivity contribution in [2.24, 2.45) is 5.92 Å². The van der Waals surface area contributed by atoms with Gasteiger partial charge >= 0.3 is 6.18 Å². The second kappa shape index (κ2) is 8.99. The first-order valence-electron chi connectivity index (χ1n) is 9.57. The normalized spacial score (nSPS) is 19.2. The molecule has 152 valence electrons. The maximum atomic E-state index is 12.8. The molecule has 0 aliphatic heterocycles. The first-order chi connectivity index (χ1) is 13.8. The van der Waals surface area contributed by atoms with Gasteiger partial charge in [0.15, 0.2) is 0 Å². The minimum absolute atomic E-state index is 0.0287. The molecule has 4 nitrogen and oxygen atoms in total. The van der Waals surface area contributed by atoms with Crippen molar-refractivity contribution in [1.29, 1.82) is 5.26 Å². The van der Waals surface area contributed by atoms with Gasteiger partial charge in [0, 0.05) is 23.8 Å². The lowest BCUT2D eigenvalue weighted by molar-refractivity contribution is -0.137. The molecule has 0 saturated heterocycles. The zero-order valence-corrected chi connectivity index (χ0v) is 15.8. The van der Waals surface area contributed by atoms with Gasteiger partial charge in [-0.05, 0) is 68.0 Å². The summed E-state index contributed by atoms with van der Waals surface area (Å²) in [6.07, 6.45) is -1.06. The van der Waals surface area contributed by atoms with E-state index in [1.807, 2.05) is 12.1 Å². The van der Waals surface area contributed by atoms with Crippen molar-refractivity contribution >= 4 is 11.6 Å². The lowest BCUT2D eigenvalue weighted by Crippen LogP contribution is -2.38. The summed E-state index contributed by atoms with van der Waals surface area (Å²) in [6.45, 7) is 0.781. The lowest BCUT2D eigenvalue weighted by Gasteiger charge is -2.29. The smallest absolute Gasteiger partial charge is 0.385 e. The summed E-state index contributed by atoms with van der Waals surface area (Å²) in [5, 5.41) is 15.2. The number of nitrogens with one attached hydrogen (secondary N) is 2.